The molecule has 1 aromatic carbocycles. The minimum Gasteiger partial charge on any atom is -0.489 e. The van der Waals surface area contributed by atoms with Crippen molar-refractivity contribution in [2.24, 2.45) is 0 Å². The van der Waals surface area contributed by atoms with Crippen LogP contribution in [0.15, 0.2) is 24.8 Å². The predicted octanol–water partition coefficient (Wildman–Crippen LogP) is 4.10. The zero-order valence-electron chi connectivity index (χ0n) is 13.6. The van der Waals surface area contributed by atoms with Crippen molar-refractivity contribution in [1.29, 1.82) is 0 Å². The summed E-state index contributed by atoms with van der Waals surface area (Å²) in [5.41, 5.74) is 3.59. The Kier molecular flexibility index (Phi) is 5.51. The summed E-state index contributed by atoms with van der Waals surface area (Å²) in [5.74, 6) is 0.941. The van der Waals surface area contributed by atoms with Gasteiger partial charge in [-0.1, -0.05) is 51.1 Å². The van der Waals surface area contributed by atoms with Gasteiger partial charge in [0.1, 0.15) is 12.4 Å². The molecule has 1 atom stereocenters. The van der Waals surface area contributed by atoms with Crippen molar-refractivity contribution >= 4 is 21.8 Å². The molecule has 0 fully saturated rings. The Bertz CT molecular complexity index is 486. The molecule has 0 amide bonds. The predicted molar refractivity (Wildman–Crippen MR) is 93.5 cm³/mol. The second-order valence-corrected chi connectivity index (χ2v) is 8.13. The molecule has 1 nitrogen and oxygen atoms in total. The van der Waals surface area contributed by atoms with E-state index in [0.717, 1.165) is 27.6 Å². The highest BCUT2D eigenvalue weighted by molar-refractivity contribution is 6.28. The molecular formula is C17H27ClOSi. The van der Waals surface area contributed by atoms with E-state index in [0.29, 0.717) is 6.61 Å². The number of benzene rings is 1. The van der Waals surface area contributed by atoms with Crippen molar-refractivity contribution in [2.75, 3.05) is 6.61 Å². The first kappa shape index (κ1) is 17.3. The van der Waals surface area contributed by atoms with Gasteiger partial charge in [0, 0.05) is 21.4 Å². The maximum Gasteiger partial charge on any atom is 0.128 e. The maximum atomic E-state index is 6.75. The van der Waals surface area contributed by atoms with Gasteiger partial charge in [-0.05, 0) is 25.3 Å². The van der Waals surface area contributed by atoms with Crippen molar-refractivity contribution in [3.63, 3.8) is 0 Å². The normalized spacial score (nSPS) is 14.9. The lowest BCUT2D eigenvalue weighted by molar-refractivity contribution is 0.343. The van der Waals surface area contributed by atoms with Crippen LogP contribution in [-0.2, 0) is 10.3 Å². The van der Waals surface area contributed by atoms with Gasteiger partial charge < -0.3 is 4.74 Å². The summed E-state index contributed by atoms with van der Waals surface area (Å²) in [6.45, 7) is 15.1. The molecule has 0 saturated carbocycles. The molecule has 0 aliphatic heterocycles. The molecular weight excluding hydrogens is 284 g/mol. The number of halogens is 1. The van der Waals surface area contributed by atoms with E-state index in [1.807, 2.05) is 0 Å². The Morgan fingerprint density at radius 3 is 2.25 bits per heavy atom. The Morgan fingerprint density at radius 1 is 1.25 bits per heavy atom. The fourth-order valence-electron chi connectivity index (χ4n) is 2.21. The van der Waals surface area contributed by atoms with Crippen molar-refractivity contribution in [2.45, 2.75) is 51.0 Å². The molecule has 0 aliphatic rings. The average Bonchev–Trinajstić information content (AvgIpc) is 2.35. The van der Waals surface area contributed by atoms with Gasteiger partial charge in [-0.3, -0.25) is 0 Å². The average molecular weight is 311 g/mol. The Morgan fingerprint density at radius 2 is 1.80 bits per heavy atom. The molecule has 0 saturated heterocycles. The van der Waals surface area contributed by atoms with E-state index in [2.05, 4.69) is 53.3 Å². The lowest BCUT2D eigenvalue weighted by atomic mass is 9.82. The Balaban J connectivity index is 3.56. The van der Waals surface area contributed by atoms with Crippen LogP contribution in [0.3, 0.4) is 0 Å². The van der Waals surface area contributed by atoms with Gasteiger partial charge in [0.15, 0.2) is 0 Å². The highest BCUT2D eigenvalue weighted by Crippen LogP contribution is 2.43. The molecule has 0 aromatic heterocycles. The number of hydrogen-bond donors (Lipinski definition) is 0. The first-order chi connectivity index (χ1) is 9.13. The van der Waals surface area contributed by atoms with Crippen LogP contribution in [0.1, 0.15) is 44.4 Å². The van der Waals surface area contributed by atoms with E-state index in [4.69, 9.17) is 16.3 Å². The van der Waals surface area contributed by atoms with Gasteiger partial charge in [-0.25, -0.2) is 0 Å². The summed E-state index contributed by atoms with van der Waals surface area (Å²) >= 11 is 6.75. The lowest BCUT2D eigenvalue weighted by Gasteiger charge is -2.30. The zero-order valence-corrected chi connectivity index (χ0v) is 16.4. The van der Waals surface area contributed by atoms with Crippen LogP contribution in [0, 0.1) is 6.92 Å². The third-order valence-electron chi connectivity index (χ3n) is 3.61. The van der Waals surface area contributed by atoms with Crippen molar-refractivity contribution in [3.05, 3.63) is 41.5 Å². The second kappa shape index (κ2) is 6.36. The summed E-state index contributed by atoms with van der Waals surface area (Å²) in [7, 11) is 1.06. The summed E-state index contributed by atoms with van der Waals surface area (Å²) in [4.78, 5) is -0.352. The summed E-state index contributed by atoms with van der Waals surface area (Å²) in [6, 6.07) is 5.37. The molecule has 1 unspecified atom stereocenters. The topological polar surface area (TPSA) is 9.23 Å². The van der Waals surface area contributed by atoms with Crippen LogP contribution in [0.4, 0.5) is 0 Å². The first-order valence-electron chi connectivity index (χ1n) is 7.21. The van der Waals surface area contributed by atoms with E-state index in [9.17, 15) is 0 Å². The van der Waals surface area contributed by atoms with E-state index in [1.54, 1.807) is 6.08 Å². The monoisotopic (exact) mass is 310 g/mol. The number of hydrogen-bond acceptors (Lipinski definition) is 1. The molecule has 3 heteroatoms. The van der Waals surface area contributed by atoms with Crippen molar-refractivity contribution in [3.8, 4) is 5.75 Å². The number of alkyl halides is 1. The molecule has 0 bridgehead atoms. The van der Waals surface area contributed by atoms with E-state index >= 15 is 0 Å². The third-order valence-corrected chi connectivity index (χ3v) is 5.95. The number of rotatable bonds is 5. The highest BCUT2D eigenvalue weighted by Gasteiger charge is 2.30. The van der Waals surface area contributed by atoms with Gasteiger partial charge in [-0.2, -0.15) is 0 Å². The summed E-state index contributed by atoms with van der Waals surface area (Å²) < 4.78 is 6.00. The molecule has 0 heterocycles. The number of ether oxygens (including phenoxy) is 1. The van der Waals surface area contributed by atoms with Gasteiger partial charge in [0.05, 0.1) is 4.87 Å². The summed E-state index contributed by atoms with van der Waals surface area (Å²) in [6.07, 6.45) is 1.78. The van der Waals surface area contributed by atoms with Crippen LogP contribution < -0.4 is 4.74 Å². The molecule has 0 spiro atoms. The minimum atomic E-state index is -0.352. The van der Waals surface area contributed by atoms with Crippen LogP contribution in [-0.4, -0.2) is 16.8 Å². The van der Waals surface area contributed by atoms with Crippen LogP contribution in [0.2, 0.25) is 6.04 Å². The standard InChI is InChI=1S/C17H27ClOSi/c1-7-8-19-15-13(16(3,4)5)9-12(2)10-14(15)17(6,18)11-20/h7,9-10H,1,8,11H2,2-6,20H3. The fraction of sp³-hybridized carbons (Fsp3) is 0.529. The number of aryl methyl sites for hydroxylation is 1. The summed E-state index contributed by atoms with van der Waals surface area (Å²) in [5, 5.41) is 0. The largest absolute Gasteiger partial charge is 0.489 e. The van der Waals surface area contributed by atoms with Crippen LogP contribution in [0.25, 0.3) is 0 Å². The lowest BCUT2D eigenvalue weighted by Crippen LogP contribution is -2.20. The van der Waals surface area contributed by atoms with Crippen molar-refractivity contribution < 1.29 is 4.74 Å². The van der Waals surface area contributed by atoms with Crippen LogP contribution >= 0.6 is 11.6 Å². The SMILES string of the molecule is C=CCOc1c(C(C)(C)C)cc(C)cc1C(C)(Cl)C[SiH3]. The maximum absolute atomic E-state index is 6.75. The Hall–Kier alpha value is -0.733. The fourth-order valence-corrected chi connectivity index (χ4v) is 2.73. The molecule has 0 N–H and O–H groups in total. The first-order valence-corrected chi connectivity index (χ1v) is 9.01. The van der Waals surface area contributed by atoms with Crippen molar-refractivity contribution in [1.82, 2.24) is 0 Å². The molecule has 0 radical (unpaired) electrons. The molecule has 112 valence electrons. The smallest absolute Gasteiger partial charge is 0.128 e. The van der Waals surface area contributed by atoms with E-state index in [1.165, 1.54) is 11.1 Å². The van der Waals surface area contributed by atoms with E-state index in [-0.39, 0.29) is 10.3 Å². The molecule has 0 aliphatic carbocycles. The molecule has 20 heavy (non-hydrogen) atoms. The van der Waals surface area contributed by atoms with Crippen LogP contribution in [0.5, 0.6) is 5.75 Å². The van der Waals surface area contributed by atoms with Gasteiger partial charge in [0.2, 0.25) is 0 Å². The highest BCUT2D eigenvalue weighted by atomic mass is 35.5. The molecule has 1 aromatic rings. The second-order valence-electron chi connectivity index (χ2n) is 6.59. The minimum absolute atomic E-state index is 0.0232. The molecule has 1 rings (SSSR count). The van der Waals surface area contributed by atoms with Gasteiger partial charge in [-0.15, -0.1) is 11.6 Å². The van der Waals surface area contributed by atoms with Gasteiger partial charge >= 0.3 is 0 Å². The van der Waals surface area contributed by atoms with Gasteiger partial charge in [0.25, 0.3) is 0 Å². The quantitative estimate of drug-likeness (QED) is 0.452. The zero-order chi connectivity index (χ0) is 15.6. The third kappa shape index (κ3) is 3.89. The Labute approximate surface area is 131 Å². The van der Waals surface area contributed by atoms with E-state index < -0.39 is 0 Å².